The summed E-state index contributed by atoms with van der Waals surface area (Å²) in [6.45, 7) is 1.66. The monoisotopic (exact) mass is 265 g/mol. The minimum absolute atomic E-state index is 0.252. The predicted octanol–water partition coefficient (Wildman–Crippen LogP) is 3.50. The summed E-state index contributed by atoms with van der Waals surface area (Å²) in [7, 11) is 0. The fourth-order valence-electron chi connectivity index (χ4n) is 2.66. The van der Waals surface area contributed by atoms with Crippen LogP contribution >= 0.6 is 23.4 Å². The first-order valence-electron chi connectivity index (χ1n) is 5.59. The van der Waals surface area contributed by atoms with Gasteiger partial charge in [0, 0.05) is 15.3 Å². The zero-order chi connectivity index (χ0) is 11.9. The van der Waals surface area contributed by atoms with Crippen LogP contribution in [0.25, 0.3) is 0 Å². The highest BCUT2D eigenvalue weighted by molar-refractivity contribution is 8.01. The van der Waals surface area contributed by atoms with E-state index in [9.17, 15) is 5.26 Å². The van der Waals surface area contributed by atoms with Gasteiger partial charge in [-0.1, -0.05) is 11.6 Å². The molecule has 1 saturated carbocycles. The second-order valence-corrected chi connectivity index (χ2v) is 6.90. The van der Waals surface area contributed by atoms with Gasteiger partial charge in [-0.15, -0.1) is 11.8 Å². The van der Waals surface area contributed by atoms with Crippen molar-refractivity contribution in [3.63, 3.8) is 0 Å². The third-order valence-corrected chi connectivity index (χ3v) is 5.00. The summed E-state index contributed by atoms with van der Waals surface area (Å²) in [5, 5.41) is 10.1. The molecule has 4 heteroatoms. The van der Waals surface area contributed by atoms with Gasteiger partial charge in [-0.25, -0.2) is 0 Å². The van der Waals surface area contributed by atoms with Gasteiger partial charge in [0.2, 0.25) is 0 Å². The highest BCUT2D eigenvalue weighted by Gasteiger charge is 2.59. The Bertz CT molecular complexity index is 467. The van der Waals surface area contributed by atoms with Crippen LogP contribution in [0.15, 0.2) is 29.2 Å². The molecule has 2 fully saturated rings. The zero-order valence-electron chi connectivity index (χ0n) is 9.28. The number of ether oxygens (including phenoxy) is 1. The zero-order valence-corrected chi connectivity index (χ0v) is 10.9. The average molecular weight is 266 g/mol. The van der Waals surface area contributed by atoms with Crippen molar-refractivity contribution in [2.45, 2.75) is 22.5 Å². The maximum absolute atomic E-state index is 9.37. The van der Waals surface area contributed by atoms with Crippen molar-refractivity contribution < 1.29 is 4.74 Å². The molecule has 1 heterocycles. The van der Waals surface area contributed by atoms with Crippen LogP contribution in [0.4, 0.5) is 0 Å². The predicted molar refractivity (Wildman–Crippen MR) is 68.1 cm³/mol. The van der Waals surface area contributed by atoms with Crippen molar-refractivity contribution in [1.82, 2.24) is 0 Å². The molecule has 1 aromatic carbocycles. The molecule has 2 aliphatic rings. The van der Waals surface area contributed by atoms with Crippen LogP contribution < -0.4 is 0 Å². The van der Waals surface area contributed by atoms with E-state index in [1.54, 1.807) is 11.8 Å². The third-order valence-electron chi connectivity index (χ3n) is 3.47. The summed E-state index contributed by atoms with van der Waals surface area (Å²) >= 11 is 7.51. The highest BCUT2D eigenvalue weighted by atomic mass is 35.5. The highest BCUT2D eigenvalue weighted by Crippen LogP contribution is 2.60. The topological polar surface area (TPSA) is 33.0 Å². The lowest BCUT2D eigenvalue weighted by Crippen LogP contribution is -2.59. The Kier molecular flexibility index (Phi) is 2.62. The van der Waals surface area contributed by atoms with E-state index in [2.05, 4.69) is 6.07 Å². The van der Waals surface area contributed by atoms with Crippen LogP contribution in [-0.2, 0) is 4.74 Å². The average Bonchev–Trinajstić information content (AvgIpc) is 2.23. The lowest BCUT2D eigenvalue weighted by atomic mass is 9.60. The van der Waals surface area contributed by atoms with E-state index in [0.29, 0.717) is 5.41 Å². The van der Waals surface area contributed by atoms with Gasteiger partial charge in [0.1, 0.15) is 4.75 Å². The Morgan fingerprint density at radius 1 is 1.24 bits per heavy atom. The van der Waals surface area contributed by atoms with E-state index >= 15 is 0 Å². The van der Waals surface area contributed by atoms with Crippen LogP contribution in [0.5, 0.6) is 0 Å². The summed E-state index contributed by atoms with van der Waals surface area (Å²) in [4.78, 5) is 1.12. The van der Waals surface area contributed by atoms with E-state index < -0.39 is 0 Å². The van der Waals surface area contributed by atoms with Gasteiger partial charge < -0.3 is 4.74 Å². The second kappa shape index (κ2) is 3.91. The molecule has 0 N–H and O–H groups in total. The number of nitriles is 1. The van der Waals surface area contributed by atoms with Gasteiger partial charge in [0.05, 0.1) is 19.3 Å². The molecule has 0 aromatic heterocycles. The molecule has 0 amide bonds. The minimum atomic E-state index is -0.252. The number of hydrogen-bond donors (Lipinski definition) is 0. The molecule has 17 heavy (non-hydrogen) atoms. The third kappa shape index (κ3) is 1.95. The van der Waals surface area contributed by atoms with Crippen molar-refractivity contribution in [3.8, 4) is 6.07 Å². The van der Waals surface area contributed by atoms with Gasteiger partial charge in [-0.2, -0.15) is 5.26 Å². The quantitative estimate of drug-likeness (QED) is 0.820. The molecular formula is C13H12ClNOS. The van der Waals surface area contributed by atoms with Crippen molar-refractivity contribution in [3.05, 3.63) is 29.3 Å². The van der Waals surface area contributed by atoms with E-state index in [1.807, 2.05) is 24.3 Å². The van der Waals surface area contributed by atoms with Gasteiger partial charge in [-0.3, -0.25) is 0 Å². The van der Waals surface area contributed by atoms with E-state index in [1.165, 1.54) is 0 Å². The lowest BCUT2D eigenvalue weighted by molar-refractivity contribution is -0.161. The SMILES string of the molecule is N#CC1(Sc2ccc(Cl)cc2)CC2(COC2)C1. The normalized spacial score (nSPS) is 23.5. The standard InChI is InChI=1S/C13H12ClNOS/c14-10-1-3-11(4-2-10)17-13(7-15)5-12(6-13)8-16-9-12/h1-4H,5-6,8-9H2. The number of rotatable bonds is 2. The molecule has 0 atom stereocenters. The molecule has 2 nitrogen and oxygen atoms in total. The van der Waals surface area contributed by atoms with Crippen LogP contribution in [-0.4, -0.2) is 18.0 Å². The molecule has 1 aliphatic heterocycles. The first-order chi connectivity index (χ1) is 8.15. The molecule has 1 spiro atoms. The molecular weight excluding hydrogens is 254 g/mol. The summed E-state index contributed by atoms with van der Waals surface area (Å²) in [6, 6.07) is 10.2. The Morgan fingerprint density at radius 2 is 1.88 bits per heavy atom. The number of nitrogens with zero attached hydrogens (tertiary/aromatic N) is 1. The van der Waals surface area contributed by atoms with Crippen LogP contribution in [0.3, 0.4) is 0 Å². The van der Waals surface area contributed by atoms with Crippen LogP contribution in [0.2, 0.25) is 5.02 Å². The molecule has 0 radical (unpaired) electrons. The Labute approximate surface area is 110 Å². The molecule has 1 aliphatic carbocycles. The van der Waals surface area contributed by atoms with Crippen LogP contribution in [0, 0.1) is 16.7 Å². The van der Waals surface area contributed by atoms with Crippen molar-refractivity contribution >= 4 is 23.4 Å². The minimum Gasteiger partial charge on any atom is -0.380 e. The largest absolute Gasteiger partial charge is 0.380 e. The Balaban J connectivity index is 1.71. The van der Waals surface area contributed by atoms with Gasteiger partial charge in [0.25, 0.3) is 0 Å². The van der Waals surface area contributed by atoms with Crippen molar-refractivity contribution in [1.29, 1.82) is 5.26 Å². The molecule has 1 aromatic rings. The summed E-state index contributed by atoms with van der Waals surface area (Å²) < 4.78 is 5.00. The Morgan fingerprint density at radius 3 is 2.35 bits per heavy atom. The second-order valence-electron chi connectivity index (χ2n) is 5.01. The fourth-order valence-corrected chi connectivity index (χ4v) is 4.31. The summed E-state index contributed by atoms with van der Waals surface area (Å²) in [6.07, 6.45) is 1.90. The van der Waals surface area contributed by atoms with Crippen molar-refractivity contribution in [2.24, 2.45) is 5.41 Å². The number of halogens is 1. The molecule has 3 rings (SSSR count). The maximum Gasteiger partial charge on any atom is 0.108 e. The molecule has 1 saturated heterocycles. The van der Waals surface area contributed by atoms with Gasteiger partial charge >= 0.3 is 0 Å². The Hall–Kier alpha value is -0.690. The van der Waals surface area contributed by atoms with E-state index in [4.69, 9.17) is 16.3 Å². The lowest BCUT2D eigenvalue weighted by Gasteiger charge is -2.56. The van der Waals surface area contributed by atoms with Crippen molar-refractivity contribution in [2.75, 3.05) is 13.2 Å². The number of hydrogen-bond acceptors (Lipinski definition) is 3. The first-order valence-corrected chi connectivity index (χ1v) is 6.79. The summed E-state index contributed by atoms with van der Waals surface area (Å²) in [5.74, 6) is 0. The maximum atomic E-state index is 9.37. The smallest absolute Gasteiger partial charge is 0.108 e. The molecule has 88 valence electrons. The fraction of sp³-hybridized carbons (Fsp3) is 0.462. The van der Waals surface area contributed by atoms with Gasteiger partial charge in [-0.05, 0) is 37.1 Å². The number of thioether (sulfide) groups is 1. The molecule has 0 unspecified atom stereocenters. The van der Waals surface area contributed by atoms with E-state index in [0.717, 1.165) is 36.0 Å². The van der Waals surface area contributed by atoms with Gasteiger partial charge in [0.15, 0.2) is 0 Å². The van der Waals surface area contributed by atoms with E-state index in [-0.39, 0.29) is 4.75 Å². The van der Waals surface area contributed by atoms with Crippen LogP contribution in [0.1, 0.15) is 12.8 Å². The molecule has 0 bridgehead atoms. The first kappa shape index (κ1) is 11.4. The summed E-state index contributed by atoms with van der Waals surface area (Å²) in [5.41, 5.74) is 0.315. The number of benzene rings is 1.